The summed E-state index contributed by atoms with van der Waals surface area (Å²) in [6.07, 6.45) is 3.29. The highest BCUT2D eigenvalue weighted by Gasteiger charge is 2.42. The predicted octanol–water partition coefficient (Wildman–Crippen LogP) is 4.28. The molecule has 2 amide bonds. The third-order valence-electron chi connectivity index (χ3n) is 4.58. The second-order valence-corrected chi connectivity index (χ2v) is 8.03. The number of carbonyl (C=O) groups excluding carboxylic acids is 2. The fourth-order valence-electron chi connectivity index (χ4n) is 3.40. The first-order valence-corrected chi connectivity index (χ1v) is 10.0. The molecule has 0 unspecified atom stereocenters. The molecule has 0 aliphatic carbocycles. The number of halogens is 1. The zero-order valence-electron chi connectivity index (χ0n) is 13.6. The van der Waals surface area contributed by atoms with Crippen molar-refractivity contribution in [2.75, 3.05) is 18.0 Å². The standard InChI is InChI=1S/C19H17BrN2O2S/c20-13-6-8-14(9-7-13)22-18(23)16(15-5-4-12-25-15)17(19(22)24)21-10-2-1-3-11-21/h4-9,12H,1-3,10-11H2. The minimum atomic E-state index is -0.227. The molecule has 2 aliphatic rings. The van der Waals surface area contributed by atoms with Crippen LogP contribution in [0.3, 0.4) is 0 Å². The van der Waals surface area contributed by atoms with Crippen LogP contribution in [0.25, 0.3) is 5.57 Å². The molecule has 4 nitrogen and oxygen atoms in total. The van der Waals surface area contributed by atoms with E-state index in [1.165, 1.54) is 22.7 Å². The molecule has 4 rings (SSSR count). The van der Waals surface area contributed by atoms with Gasteiger partial charge in [-0.2, -0.15) is 0 Å². The molecule has 0 bridgehead atoms. The van der Waals surface area contributed by atoms with Crippen LogP contribution in [0.2, 0.25) is 0 Å². The van der Waals surface area contributed by atoms with Crippen molar-refractivity contribution in [3.05, 3.63) is 56.8 Å². The zero-order chi connectivity index (χ0) is 17.4. The van der Waals surface area contributed by atoms with E-state index < -0.39 is 0 Å². The number of amides is 2. The van der Waals surface area contributed by atoms with Crippen molar-refractivity contribution in [3.63, 3.8) is 0 Å². The van der Waals surface area contributed by atoms with Crippen molar-refractivity contribution in [3.8, 4) is 0 Å². The van der Waals surface area contributed by atoms with E-state index in [0.717, 1.165) is 35.3 Å². The van der Waals surface area contributed by atoms with Crippen LogP contribution in [0.4, 0.5) is 5.69 Å². The van der Waals surface area contributed by atoms with Crippen LogP contribution in [0, 0.1) is 0 Å². The Hall–Kier alpha value is -1.92. The van der Waals surface area contributed by atoms with Gasteiger partial charge in [0.05, 0.1) is 11.3 Å². The molecule has 6 heteroatoms. The van der Waals surface area contributed by atoms with Crippen LogP contribution < -0.4 is 4.90 Å². The van der Waals surface area contributed by atoms with E-state index in [9.17, 15) is 9.59 Å². The molecular formula is C19H17BrN2O2S. The Labute approximate surface area is 158 Å². The lowest BCUT2D eigenvalue weighted by molar-refractivity contribution is -0.120. The first kappa shape index (κ1) is 16.5. The minimum Gasteiger partial charge on any atom is -0.366 e. The van der Waals surface area contributed by atoms with E-state index >= 15 is 0 Å². The van der Waals surface area contributed by atoms with Gasteiger partial charge in [-0.15, -0.1) is 11.3 Å². The summed E-state index contributed by atoms with van der Waals surface area (Å²) < 4.78 is 0.915. The molecule has 0 spiro atoms. The Kier molecular flexibility index (Phi) is 4.48. The molecule has 1 aromatic carbocycles. The summed E-state index contributed by atoms with van der Waals surface area (Å²) in [4.78, 5) is 30.6. The van der Waals surface area contributed by atoms with Gasteiger partial charge in [0.15, 0.2) is 0 Å². The molecule has 1 aromatic heterocycles. The van der Waals surface area contributed by atoms with E-state index in [4.69, 9.17) is 0 Å². The lowest BCUT2D eigenvalue weighted by Gasteiger charge is -2.29. The molecule has 3 heterocycles. The number of thiophene rings is 1. The van der Waals surface area contributed by atoms with Gasteiger partial charge in [-0.25, -0.2) is 4.90 Å². The monoisotopic (exact) mass is 416 g/mol. The number of hydrogen-bond donors (Lipinski definition) is 0. The zero-order valence-corrected chi connectivity index (χ0v) is 16.0. The molecular weight excluding hydrogens is 400 g/mol. The number of likely N-dealkylation sites (tertiary alicyclic amines) is 1. The molecule has 2 aromatic rings. The predicted molar refractivity (Wildman–Crippen MR) is 103 cm³/mol. The highest BCUT2D eigenvalue weighted by Crippen LogP contribution is 2.37. The van der Waals surface area contributed by atoms with E-state index in [2.05, 4.69) is 20.8 Å². The molecule has 25 heavy (non-hydrogen) atoms. The number of carbonyl (C=O) groups is 2. The smallest absolute Gasteiger partial charge is 0.282 e. The van der Waals surface area contributed by atoms with Gasteiger partial charge in [-0.05, 0) is 55.0 Å². The van der Waals surface area contributed by atoms with Crippen molar-refractivity contribution in [1.82, 2.24) is 4.90 Å². The summed E-state index contributed by atoms with van der Waals surface area (Å²) in [5.74, 6) is -0.437. The summed E-state index contributed by atoms with van der Waals surface area (Å²) in [6.45, 7) is 1.66. The Morgan fingerprint density at radius 2 is 1.64 bits per heavy atom. The van der Waals surface area contributed by atoms with E-state index in [1.807, 2.05) is 29.6 Å². The lowest BCUT2D eigenvalue weighted by atomic mass is 10.1. The van der Waals surface area contributed by atoms with Crippen LogP contribution in [0.1, 0.15) is 24.1 Å². The van der Waals surface area contributed by atoms with E-state index in [-0.39, 0.29) is 11.8 Å². The summed E-state index contributed by atoms with van der Waals surface area (Å²) >= 11 is 4.90. The second-order valence-electron chi connectivity index (χ2n) is 6.17. The Bertz CT molecular complexity index is 837. The van der Waals surface area contributed by atoms with E-state index in [1.54, 1.807) is 12.1 Å². The Balaban J connectivity index is 1.79. The number of rotatable bonds is 3. The van der Waals surface area contributed by atoms with Crippen LogP contribution in [-0.2, 0) is 9.59 Å². The molecule has 0 saturated carbocycles. The summed E-state index contributed by atoms with van der Waals surface area (Å²) in [5.41, 5.74) is 1.72. The summed E-state index contributed by atoms with van der Waals surface area (Å²) in [5, 5.41) is 1.94. The maximum atomic E-state index is 13.2. The highest BCUT2D eigenvalue weighted by atomic mass is 79.9. The maximum absolute atomic E-state index is 13.2. The van der Waals surface area contributed by atoms with E-state index in [0.29, 0.717) is 17.0 Å². The fourth-order valence-corrected chi connectivity index (χ4v) is 4.42. The second kappa shape index (κ2) is 6.77. The summed E-state index contributed by atoms with van der Waals surface area (Å²) in [7, 11) is 0. The quantitative estimate of drug-likeness (QED) is 0.700. The van der Waals surface area contributed by atoms with Crippen molar-refractivity contribution >= 4 is 50.3 Å². The van der Waals surface area contributed by atoms with Crippen LogP contribution in [0.5, 0.6) is 0 Å². The Morgan fingerprint density at radius 3 is 2.28 bits per heavy atom. The molecule has 0 radical (unpaired) electrons. The normalized spacial score (nSPS) is 18.4. The van der Waals surface area contributed by atoms with Crippen LogP contribution in [-0.4, -0.2) is 29.8 Å². The highest BCUT2D eigenvalue weighted by molar-refractivity contribution is 9.10. The third-order valence-corrected chi connectivity index (χ3v) is 6.00. The van der Waals surface area contributed by atoms with Gasteiger partial charge in [0.1, 0.15) is 5.70 Å². The minimum absolute atomic E-state index is 0.211. The van der Waals surface area contributed by atoms with Gasteiger partial charge < -0.3 is 4.90 Å². The van der Waals surface area contributed by atoms with Crippen molar-refractivity contribution in [2.45, 2.75) is 19.3 Å². The van der Waals surface area contributed by atoms with Crippen LogP contribution in [0.15, 0.2) is 51.9 Å². The maximum Gasteiger partial charge on any atom is 0.282 e. The van der Waals surface area contributed by atoms with Gasteiger partial charge in [0, 0.05) is 22.4 Å². The van der Waals surface area contributed by atoms with Crippen LogP contribution >= 0.6 is 27.3 Å². The largest absolute Gasteiger partial charge is 0.366 e. The topological polar surface area (TPSA) is 40.6 Å². The first-order chi connectivity index (χ1) is 12.2. The fraction of sp³-hybridized carbons (Fsp3) is 0.263. The molecule has 1 fully saturated rings. The van der Waals surface area contributed by atoms with Gasteiger partial charge in [0.2, 0.25) is 0 Å². The van der Waals surface area contributed by atoms with Gasteiger partial charge in [-0.1, -0.05) is 22.0 Å². The van der Waals surface area contributed by atoms with Gasteiger partial charge in [-0.3, -0.25) is 9.59 Å². The molecule has 128 valence electrons. The SMILES string of the molecule is O=C1C(c2cccs2)=C(N2CCCCC2)C(=O)N1c1ccc(Br)cc1. The average molecular weight is 417 g/mol. The van der Waals surface area contributed by atoms with Gasteiger partial charge in [0.25, 0.3) is 11.8 Å². The third kappa shape index (κ3) is 2.93. The Morgan fingerprint density at radius 1 is 0.920 bits per heavy atom. The summed E-state index contributed by atoms with van der Waals surface area (Å²) in [6, 6.07) is 11.1. The van der Waals surface area contributed by atoms with Crippen molar-refractivity contribution in [1.29, 1.82) is 0 Å². The molecule has 2 aliphatic heterocycles. The first-order valence-electron chi connectivity index (χ1n) is 8.34. The lowest BCUT2D eigenvalue weighted by Crippen LogP contribution is -2.37. The van der Waals surface area contributed by atoms with Crippen molar-refractivity contribution in [2.24, 2.45) is 0 Å². The number of piperidine rings is 1. The van der Waals surface area contributed by atoms with Gasteiger partial charge >= 0.3 is 0 Å². The number of nitrogens with zero attached hydrogens (tertiary/aromatic N) is 2. The number of hydrogen-bond acceptors (Lipinski definition) is 4. The van der Waals surface area contributed by atoms with Crippen molar-refractivity contribution < 1.29 is 9.59 Å². The number of anilines is 1. The molecule has 0 N–H and O–H groups in total. The number of benzene rings is 1. The average Bonchev–Trinajstić information content (AvgIpc) is 3.23. The molecule has 0 atom stereocenters. The molecule has 1 saturated heterocycles. The number of imide groups is 1.